The number of nitrogens with one attached hydrogen (secondary N) is 1. The Hall–Kier alpha value is -0.120. The minimum absolute atomic E-state index is 0.384. The topological polar surface area (TPSA) is 24.5 Å². The zero-order valence-corrected chi connectivity index (χ0v) is 11.9. The van der Waals surface area contributed by atoms with Gasteiger partial charge in [0.2, 0.25) is 0 Å². The van der Waals surface area contributed by atoms with Crippen LogP contribution in [0.4, 0.5) is 0 Å². The van der Waals surface area contributed by atoms with Crippen molar-refractivity contribution in [1.82, 2.24) is 10.2 Å². The van der Waals surface area contributed by atoms with Gasteiger partial charge in [-0.1, -0.05) is 33.1 Å². The Bertz CT molecular complexity index is 187. The van der Waals surface area contributed by atoms with Gasteiger partial charge in [-0.05, 0) is 19.9 Å². The summed E-state index contributed by atoms with van der Waals surface area (Å²) in [6.45, 7) is 8.58. The van der Waals surface area contributed by atoms with E-state index in [2.05, 4.69) is 31.1 Å². The fourth-order valence-corrected chi connectivity index (χ4v) is 2.44. The molecule has 1 aliphatic heterocycles. The molecule has 1 aliphatic rings. The Kier molecular flexibility index (Phi) is 7.82. The van der Waals surface area contributed by atoms with E-state index in [-0.39, 0.29) is 0 Å². The van der Waals surface area contributed by atoms with Crippen LogP contribution in [0, 0.1) is 0 Å². The monoisotopic (exact) mass is 242 g/mol. The van der Waals surface area contributed by atoms with Crippen LogP contribution in [0.25, 0.3) is 0 Å². The summed E-state index contributed by atoms with van der Waals surface area (Å²) >= 11 is 0. The molecule has 0 aromatic carbocycles. The van der Waals surface area contributed by atoms with Gasteiger partial charge >= 0.3 is 0 Å². The summed E-state index contributed by atoms with van der Waals surface area (Å²) in [5, 5.41) is 3.69. The fourth-order valence-electron chi connectivity index (χ4n) is 2.44. The number of likely N-dealkylation sites (N-methyl/N-ethyl adjacent to an activating group) is 1. The van der Waals surface area contributed by atoms with Crippen LogP contribution in [0.5, 0.6) is 0 Å². The number of nitrogens with zero attached hydrogens (tertiary/aromatic N) is 1. The molecule has 1 saturated heterocycles. The highest BCUT2D eigenvalue weighted by Gasteiger charge is 2.18. The first-order valence-corrected chi connectivity index (χ1v) is 7.29. The number of hydrogen-bond donors (Lipinski definition) is 1. The van der Waals surface area contributed by atoms with Crippen LogP contribution in [-0.2, 0) is 4.74 Å². The average molecular weight is 242 g/mol. The molecule has 102 valence electrons. The molecule has 1 rings (SSSR count). The second-order valence-electron chi connectivity index (χ2n) is 5.29. The Labute approximate surface area is 107 Å². The molecule has 0 spiro atoms. The van der Waals surface area contributed by atoms with Crippen LogP contribution in [0.3, 0.4) is 0 Å². The molecule has 1 N–H and O–H groups in total. The van der Waals surface area contributed by atoms with Crippen LogP contribution >= 0.6 is 0 Å². The molecule has 0 aromatic rings. The summed E-state index contributed by atoms with van der Waals surface area (Å²) in [5.41, 5.74) is 0. The molecular weight excluding hydrogens is 212 g/mol. The van der Waals surface area contributed by atoms with E-state index >= 15 is 0 Å². The van der Waals surface area contributed by atoms with Gasteiger partial charge in [0.1, 0.15) is 0 Å². The van der Waals surface area contributed by atoms with E-state index in [1.54, 1.807) is 0 Å². The van der Waals surface area contributed by atoms with Crippen molar-refractivity contribution in [2.75, 3.05) is 33.3 Å². The molecule has 0 aromatic heterocycles. The average Bonchev–Trinajstić information content (AvgIpc) is 2.33. The lowest BCUT2D eigenvalue weighted by Gasteiger charge is -2.31. The van der Waals surface area contributed by atoms with Gasteiger partial charge in [-0.2, -0.15) is 0 Å². The molecule has 2 atom stereocenters. The quantitative estimate of drug-likeness (QED) is 0.706. The van der Waals surface area contributed by atoms with E-state index in [0.717, 1.165) is 26.2 Å². The van der Waals surface area contributed by atoms with E-state index in [1.807, 2.05) is 0 Å². The third-order valence-electron chi connectivity index (χ3n) is 3.52. The Balaban J connectivity index is 2.19. The first kappa shape index (κ1) is 14.9. The first-order valence-electron chi connectivity index (χ1n) is 7.29. The van der Waals surface area contributed by atoms with E-state index in [4.69, 9.17) is 4.74 Å². The minimum Gasteiger partial charge on any atom is -0.374 e. The van der Waals surface area contributed by atoms with E-state index < -0.39 is 0 Å². The normalized spacial score (nSPS) is 23.8. The van der Waals surface area contributed by atoms with Gasteiger partial charge in [-0.15, -0.1) is 0 Å². The summed E-state index contributed by atoms with van der Waals surface area (Å²) in [6.07, 6.45) is 6.89. The van der Waals surface area contributed by atoms with Crippen LogP contribution in [0.1, 0.15) is 46.0 Å². The SMILES string of the molecule is CCCCC(CCC)NCC1CN(C)CCO1. The van der Waals surface area contributed by atoms with Crippen LogP contribution in [0.15, 0.2) is 0 Å². The highest BCUT2D eigenvalue weighted by molar-refractivity contribution is 4.74. The predicted octanol–water partition coefficient (Wildman–Crippen LogP) is 2.27. The maximum absolute atomic E-state index is 5.78. The molecule has 3 nitrogen and oxygen atoms in total. The van der Waals surface area contributed by atoms with Crippen LogP contribution in [-0.4, -0.2) is 50.3 Å². The summed E-state index contributed by atoms with van der Waals surface area (Å²) in [7, 11) is 2.18. The molecule has 0 saturated carbocycles. The van der Waals surface area contributed by atoms with Gasteiger partial charge in [0.05, 0.1) is 12.7 Å². The van der Waals surface area contributed by atoms with Gasteiger partial charge in [-0.25, -0.2) is 0 Å². The zero-order chi connectivity index (χ0) is 12.5. The third-order valence-corrected chi connectivity index (χ3v) is 3.52. The summed E-state index contributed by atoms with van der Waals surface area (Å²) in [4.78, 5) is 2.36. The minimum atomic E-state index is 0.384. The van der Waals surface area contributed by atoms with E-state index in [0.29, 0.717) is 12.1 Å². The molecule has 1 heterocycles. The number of rotatable bonds is 8. The summed E-state index contributed by atoms with van der Waals surface area (Å²) in [5.74, 6) is 0. The molecule has 0 amide bonds. The molecular formula is C14H30N2O. The fraction of sp³-hybridized carbons (Fsp3) is 1.00. The molecule has 2 unspecified atom stereocenters. The standard InChI is InChI=1S/C14H30N2O/c1-4-6-8-13(7-5-2)15-11-14-12-16(3)9-10-17-14/h13-15H,4-12H2,1-3H3. The van der Waals surface area contributed by atoms with Crippen molar-refractivity contribution in [2.24, 2.45) is 0 Å². The second-order valence-corrected chi connectivity index (χ2v) is 5.29. The lowest BCUT2D eigenvalue weighted by Crippen LogP contribution is -2.46. The molecule has 0 aliphatic carbocycles. The molecule has 0 bridgehead atoms. The highest BCUT2D eigenvalue weighted by Crippen LogP contribution is 2.08. The van der Waals surface area contributed by atoms with Crippen molar-refractivity contribution in [2.45, 2.75) is 58.1 Å². The van der Waals surface area contributed by atoms with Gasteiger partial charge in [0.25, 0.3) is 0 Å². The zero-order valence-electron chi connectivity index (χ0n) is 11.9. The Morgan fingerprint density at radius 1 is 1.29 bits per heavy atom. The van der Waals surface area contributed by atoms with Gasteiger partial charge in [0, 0.05) is 25.7 Å². The van der Waals surface area contributed by atoms with Crippen molar-refractivity contribution < 1.29 is 4.74 Å². The maximum atomic E-state index is 5.78. The van der Waals surface area contributed by atoms with Crippen LogP contribution < -0.4 is 5.32 Å². The smallest absolute Gasteiger partial charge is 0.0826 e. The maximum Gasteiger partial charge on any atom is 0.0826 e. The molecule has 1 fully saturated rings. The van der Waals surface area contributed by atoms with Crippen molar-refractivity contribution in [3.8, 4) is 0 Å². The molecule has 17 heavy (non-hydrogen) atoms. The number of ether oxygens (including phenoxy) is 1. The van der Waals surface area contributed by atoms with Gasteiger partial charge in [-0.3, -0.25) is 0 Å². The largest absolute Gasteiger partial charge is 0.374 e. The number of morpholine rings is 1. The Morgan fingerprint density at radius 3 is 2.76 bits per heavy atom. The van der Waals surface area contributed by atoms with Crippen LogP contribution in [0.2, 0.25) is 0 Å². The Morgan fingerprint density at radius 2 is 2.12 bits per heavy atom. The summed E-state index contributed by atoms with van der Waals surface area (Å²) in [6, 6.07) is 0.691. The molecule has 3 heteroatoms. The highest BCUT2D eigenvalue weighted by atomic mass is 16.5. The lowest BCUT2D eigenvalue weighted by molar-refractivity contribution is -0.0195. The summed E-state index contributed by atoms with van der Waals surface area (Å²) < 4.78 is 5.78. The lowest BCUT2D eigenvalue weighted by atomic mass is 10.0. The molecule has 0 radical (unpaired) electrons. The second kappa shape index (κ2) is 8.90. The van der Waals surface area contributed by atoms with E-state index in [1.165, 1.54) is 32.1 Å². The van der Waals surface area contributed by atoms with Crippen molar-refractivity contribution in [3.63, 3.8) is 0 Å². The first-order chi connectivity index (χ1) is 8.26. The van der Waals surface area contributed by atoms with E-state index in [9.17, 15) is 0 Å². The van der Waals surface area contributed by atoms with Crippen molar-refractivity contribution in [3.05, 3.63) is 0 Å². The number of unbranched alkanes of at least 4 members (excludes halogenated alkanes) is 1. The predicted molar refractivity (Wildman–Crippen MR) is 73.5 cm³/mol. The van der Waals surface area contributed by atoms with Crippen molar-refractivity contribution >= 4 is 0 Å². The van der Waals surface area contributed by atoms with Gasteiger partial charge in [0.15, 0.2) is 0 Å². The number of hydrogen-bond acceptors (Lipinski definition) is 3. The third kappa shape index (κ3) is 6.39. The van der Waals surface area contributed by atoms with Crippen molar-refractivity contribution in [1.29, 1.82) is 0 Å². The van der Waals surface area contributed by atoms with Gasteiger partial charge < -0.3 is 15.0 Å².